The normalized spacial score (nSPS) is 30.8. The SMILES string of the molecule is CO[C@H]1CCC[C@@H]1NC(=O)C1(S(C)(=O)=O)CCC1. The van der Waals surface area contributed by atoms with Gasteiger partial charge in [0, 0.05) is 13.4 Å². The minimum atomic E-state index is -3.35. The molecule has 0 aromatic rings. The molecule has 0 heterocycles. The number of ether oxygens (including phenoxy) is 1. The first-order valence-corrected chi connectivity index (χ1v) is 8.33. The number of hydrogen-bond acceptors (Lipinski definition) is 4. The number of carbonyl (C=O) groups is 1. The molecule has 2 saturated carbocycles. The van der Waals surface area contributed by atoms with Crippen molar-refractivity contribution in [3.63, 3.8) is 0 Å². The summed E-state index contributed by atoms with van der Waals surface area (Å²) in [5, 5.41) is 2.89. The van der Waals surface area contributed by atoms with Gasteiger partial charge in [0.15, 0.2) is 9.84 Å². The first-order valence-electron chi connectivity index (χ1n) is 6.44. The summed E-state index contributed by atoms with van der Waals surface area (Å²) in [6.07, 6.45) is 5.68. The fourth-order valence-corrected chi connectivity index (χ4v) is 4.36. The fraction of sp³-hybridized carbons (Fsp3) is 0.917. The molecule has 2 fully saturated rings. The maximum Gasteiger partial charge on any atom is 0.241 e. The lowest BCUT2D eigenvalue weighted by Crippen LogP contribution is -2.59. The molecule has 0 aromatic heterocycles. The molecule has 2 rings (SSSR count). The van der Waals surface area contributed by atoms with Gasteiger partial charge in [0.25, 0.3) is 0 Å². The second-order valence-corrected chi connectivity index (χ2v) is 7.73. The molecule has 1 N–H and O–H groups in total. The van der Waals surface area contributed by atoms with Crippen LogP contribution in [0.1, 0.15) is 38.5 Å². The highest BCUT2D eigenvalue weighted by Gasteiger charge is 2.53. The molecule has 18 heavy (non-hydrogen) atoms. The molecule has 6 heteroatoms. The Labute approximate surface area is 108 Å². The van der Waals surface area contributed by atoms with Gasteiger partial charge in [0.1, 0.15) is 4.75 Å². The number of nitrogens with one attached hydrogen (secondary N) is 1. The molecule has 2 atom stereocenters. The number of rotatable bonds is 4. The van der Waals surface area contributed by atoms with Crippen LogP contribution in [0.25, 0.3) is 0 Å². The molecular weight excluding hydrogens is 254 g/mol. The fourth-order valence-electron chi connectivity index (χ4n) is 2.94. The Balaban J connectivity index is 2.08. The van der Waals surface area contributed by atoms with Gasteiger partial charge in [-0.1, -0.05) is 0 Å². The van der Waals surface area contributed by atoms with E-state index in [1.807, 2.05) is 0 Å². The highest BCUT2D eigenvalue weighted by molar-refractivity contribution is 7.93. The van der Waals surface area contributed by atoms with E-state index in [1.165, 1.54) is 0 Å². The number of carbonyl (C=O) groups excluding carboxylic acids is 1. The number of sulfone groups is 1. The van der Waals surface area contributed by atoms with E-state index < -0.39 is 14.6 Å². The van der Waals surface area contributed by atoms with E-state index in [0.717, 1.165) is 31.9 Å². The van der Waals surface area contributed by atoms with E-state index in [0.29, 0.717) is 12.8 Å². The van der Waals surface area contributed by atoms with E-state index in [9.17, 15) is 13.2 Å². The Morgan fingerprint density at radius 3 is 2.39 bits per heavy atom. The summed E-state index contributed by atoms with van der Waals surface area (Å²) in [6, 6.07) is -0.0401. The van der Waals surface area contributed by atoms with Crippen molar-refractivity contribution in [3.05, 3.63) is 0 Å². The van der Waals surface area contributed by atoms with Gasteiger partial charge in [0.2, 0.25) is 5.91 Å². The first-order chi connectivity index (χ1) is 8.40. The van der Waals surface area contributed by atoms with E-state index in [1.54, 1.807) is 7.11 Å². The average molecular weight is 275 g/mol. The maximum atomic E-state index is 12.3. The number of hydrogen-bond donors (Lipinski definition) is 1. The molecule has 2 aliphatic rings. The van der Waals surface area contributed by atoms with Gasteiger partial charge in [-0.25, -0.2) is 8.42 Å². The van der Waals surface area contributed by atoms with Gasteiger partial charge in [-0.15, -0.1) is 0 Å². The standard InChI is InChI=1S/C12H21NO4S/c1-17-10-6-3-5-9(10)13-11(14)12(7-4-8-12)18(2,15)16/h9-10H,3-8H2,1-2H3,(H,13,14)/t9-,10-/m0/s1. The smallest absolute Gasteiger partial charge is 0.241 e. The molecular formula is C12H21NO4S. The van der Waals surface area contributed by atoms with E-state index in [2.05, 4.69) is 5.32 Å². The summed E-state index contributed by atoms with van der Waals surface area (Å²) >= 11 is 0. The Bertz CT molecular complexity index is 427. The lowest BCUT2D eigenvalue weighted by Gasteiger charge is -2.39. The van der Waals surface area contributed by atoms with Crippen LogP contribution in [0.5, 0.6) is 0 Å². The molecule has 0 bridgehead atoms. The summed E-state index contributed by atoms with van der Waals surface area (Å²) in [4.78, 5) is 12.3. The lowest BCUT2D eigenvalue weighted by atomic mass is 9.83. The zero-order valence-electron chi connectivity index (χ0n) is 10.9. The van der Waals surface area contributed by atoms with Crippen molar-refractivity contribution in [1.82, 2.24) is 5.32 Å². The van der Waals surface area contributed by atoms with Gasteiger partial charge in [0.05, 0.1) is 12.1 Å². The Kier molecular flexibility index (Phi) is 3.69. The lowest BCUT2D eigenvalue weighted by molar-refractivity contribution is -0.127. The Morgan fingerprint density at radius 1 is 1.28 bits per heavy atom. The van der Waals surface area contributed by atoms with Gasteiger partial charge in [-0.05, 0) is 38.5 Å². The number of amides is 1. The Morgan fingerprint density at radius 2 is 1.94 bits per heavy atom. The topological polar surface area (TPSA) is 72.5 Å². The van der Waals surface area contributed by atoms with Crippen molar-refractivity contribution >= 4 is 15.7 Å². The van der Waals surface area contributed by atoms with Gasteiger partial charge in [-0.3, -0.25) is 4.79 Å². The molecule has 0 spiro atoms. The van der Waals surface area contributed by atoms with Crippen molar-refractivity contribution in [3.8, 4) is 0 Å². The van der Waals surface area contributed by atoms with E-state index in [4.69, 9.17) is 4.74 Å². The summed E-state index contributed by atoms with van der Waals surface area (Å²) < 4.78 is 27.8. The Hall–Kier alpha value is -0.620. The largest absolute Gasteiger partial charge is 0.379 e. The van der Waals surface area contributed by atoms with Crippen molar-refractivity contribution in [1.29, 1.82) is 0 Å². The van der Waals surface area contributed by atoms with Crippen LogP contribution in [-0.2, 0) is 19.4 Å². The number of methoxy groups -OCH3 is 1. The third kappa shape index (κ3) is 2.16. The summed E-state index contributed by atoms with van der Waals surface area (Å²) in [6.45, 7) is 0. The first kappa shape index (κ1) is 13.8. The average Bonchev–Trinajstić information content (AvgIpc) is 2.60. The molecule has 0 aromatic carbocycles. The van der Waals surface area contributed by atoms with Crippen LogP contribution >= 0.6 is 0 Å². The minimum absolute atomic E-state index is 0.0191. The predicted octanol–water partition coefficient (Wildman–Crippen LogP) is 0.637. The van der Waals surface area contributed by atoms with Crippen LogP contribution in [0, 0.1) is 0 Å². The quantitative estimate of drug-likeness (QED) is 0.817. The van der Waals surface area contributed by atoms with Crippen molar-refractivity contribution in [2.24, 2.45) is 0 Å². The molecule has 0 aliphatic heterocycles. The minimum Gasteiger partial charge on any atom is -0.379 e. The third-order valence-corrected chi connectivity index (χ3v) is 6.37. The van der Waals surface area contributed by atoms with Crippen LogP contribution in [0.4, 0.5) is 0 Å². The van der Waals surface area contributed by atoms with Crippen LogP contribution in [0.2, 0.25) is 0 Å². The van der Waals surface area contributed by atoms with Crippen molar-refractivity contribution < 1.29 is 17.9 Å². The van der Waals surface area contributed by atoms with Gasteiger partial charge < -0.3 is 10.1 Å². The predicted molar refractivity (Wildman–Crippen MR) is 68.0 cm³/mol. The molecule has 0 radical (unpaired) electrons. The summed E-state index contributed by atoms with van der Waals surface area (Å²) in [5.74, 6) is -0.329. The molecule has 2 aliphatic carbocycles. The summed E-state index contributed by atoms with van der Waals surface area (Å²) in [7, 11) is -1.72. The summed E-state index contributed by atoms with van der Waals surface area (Å²) in [5.41, 5.74) is 0. The zero-order valence-corrected chi connectivity index (χ0v) is 11.8. The molecule has 104 valence electrons. The van der Waals surface area contributed by atoms with Gasteiger partial charge >= 0.3 is 0 Å². The van der Waals surface area contributed by atoms with Crippen LogP contribution in [0.15, 0.2) is 0 Å². The van der Waals surface area contributed by atoms with Crippen LogP contribution < -0.4 is 5.32 Å². The third-order valence-electron chi connectivity index (χ3n) is 4.36. The zero-order chi connectivity index (χ0) is 13.4. The van der Waals surface area contributed by atoms with Crippen molar-refractivity contribution in [2.45, 2.75) is 55.4 Å². The molecule has 5 nitrogen and oxygen atoms in total. The monoisotopic (exact) mass is 275 g/mol. The second-order valence-electron chi connectivity index (χ2n) is 5.41. The highest BCUT2D eigenvalue weighted by atomic mass is 32.2. The molecule has 1 amide bonds. The van der Waals surface area contributed by atoms with Crippen molar-refractivity contribution in [2.75, 3.05) is 13.4 Å². The molecule has 0 saturated heterocycles. The van der Waals surface area contributed by atoms with E-state index >= 15 is 0 Å². The van der Waals surface area contributed by atoms with Gasteiger partial charge in [-0.2, -0.15) is 0 Å². The van der Waals surface area contributed by atoms with Crippen LogP contribution in [-0.4, -0.2) is 44.6 Å². The second kappa shape index (κ2) is 4.81. The molecule has 0 unspecified atom stereocenters. The van der Waals surface area contributed by atoms with Crippen LogP contribution in [0.3, 0.4) is 0 Å². The maximum absolute atomic E-state index is 12.3. The highest BCUT2D eigenvalue weighted by Crippen LogP contribution is 2.39. The van der Waals surface area contributed by atoms with E-state index in [-0.39, 0.29) is 18.1 Å².